The predicted molar refractivity (Wildman–Crippen MR) is 108 cm³/mol. The molecule has 0 radical (unpaired) electrons. The van der Waals surface area contributed by atoms with E-state index in [-0.39, 0.29) is 30.6 Å². The van der Waals surface area contributed by atoms with Gasteiger partial charge in [-0.05, 0) is 47.5 Å². The fourth-order valence-electron chi connectivity index (χ4n) is 2.60. The number of hydrogen-bond acceptors (Lipinski definition) is 3. The summed E-state index contributed by atoms with van der Waals surface area (Å²) in [4.78, 5) is 23.8. The lowest BCUT2D eigenvalue weighted by molar-refractivity contribution is -0.125. The molecule has 0 heterocycles. The lowest BCUT2D eigenvalue weighted by atomic mass is 10.1. The molecule has 0 aliphatic rings. The maximum absolute atomic E-state index is 12.9. The first-order valence-corrected chi connectivity index (χ1v) is 9.18. The van der Waals surface area contributed by atoms with E-state index in [1.807, 2.05) is 42.5 Å². The van der Waals surface area contributed by atoms with Crippen LogP contribution in [0, 0.1) is 5.82 Å². The summed E-state index contributed by atoms with van der Waals surface area (Å²) in [5, 5.41) is 5.37. The van der Waals surface area contributed by atoms with Crippen molar-refractivity contribution in [2.45, 2.75) is 13.0 Å². The van der Waals surface area contributed by atoms with E-state index in [4.69, 9.17) is 4.74 Å². The highest BCUT2D eigenvalue weighted by Crippen LogP contribution is 2.21. The second-order valence-electron chi connectivity index (χ2n) is 6.42. The van der Waals surface area contributed by atoms with E-state index in [1.54, 1.807) is 24.3 Å². The lowest BCUT2D eigenvalue weighted by Crippen LogP contribution is -2.37. The molecule has 0 aliphatic heterocycles. The summed E-state index contributed by atoms with van der Waals surface area (Å²) in [5.74, 6) is 0.366. The summed E-state index contributed by atoms with van der Waals surface area (Å²) >= 11 is 0. The Morgan fingerprint density at radius 1 is 0.724 bits per heavy atom. The van der Waals surface area contributed by atoms with Crippen LogP contribution in [0.5, 0.6) is 11.5 Å². The molecule has 3 aromatic carbocycles. The van der Waals surface area contributed by atoms with E-state index in [0.717, 1.165) is 11.1 Å². The normalized spacial score (nSPS) is 10.2. The van der Waals surface area contributed by atoms with Gasteiger partial charge < -0.3 is 15.4 Å². The molecule has 5 nitrogen and oxygen atoms in total. The van der Waals surface area contributed by atoms with Crippen LogP contribution in [-0.2, 0) is 22.6 Å². The largest absolute Gasteiger partial charge is 0.457 e. The van der Waals surface area contributed by atoms with Gasteiger partial charge in [-0.25, -0.2) is 4.39 Å². The molecule has 0 aromatic heterocycles. The molecule has 29 heavy (non-hydrogen) atoms. The van der Waals surface area contributed by atoms with Crippen LogP contribution in [0.3, 0.4) is 0 Å². The molecule has 0 atom stereocenters. The van der Waals surface area contributed by atoms with Gasteiger partial charge in [0.1, 0.15) is 17.3 Å². The fraction of sp³-hybridized carbons (Fsp3) is 0.130. The molecule has 0 spiro atoms. The summed E-state index contributed by atoms with van der Waals surface area (Å²) in [6.07, 6.45) is 0.240. The van der Waals surface area contributed by atoms with Gasteiger partial charge in [-0.3, -0.25) is 9.59 Å². The quantitative estimate of drug-likeness (QED) is 0.616. The molecule has 3 aromatic rings. The Hall–Kier alpha value is -3.67. The van der Waals surface area contributed by atoms with Crippen LogP contribution in [0.4, 0.5) is 4.39 Å². The number of carbonyl (C=O) groups excluding carboxylic acids is 2. The Morgan fingerprint density at radius 3 is 2.00 bits per heavy atom. The summed E-state index contributed by atoms with van der Waals surface area (Å²) in [5.41, 5.74) is 1.79. The van der Waals surface area contributed by atoms with Gasteiger partial charge in [0.25, 0.3) is 0 Å². The zero-order valence-corrected chi connectivity index (χ0v) is 15.7. The van der Waals surface area contributed by atoms with Crippen molar-refractivity contribution < 1.29 is 18.7 Å². The Morgan fingerprint density at radius 2 is 1.34 bits per heavy atom. The van der Waals surface area contributed by atoms with E-state index >= 15 is 0 Å². The average molecular weight is 392 g/mol. The minimum Gasteiger partial charge on any atom is -0.457 e. The number of amides is 2. The highest BCUT2D eigenvalue weighted by atomic mass is 19.1. The molecule has 148 valence electrons. The number of ether oxygens (including phenoxy) is 1. The number of nitrogens with one attached hydrogen (secondary N) is 2. The van der Waals surface area contributed by atoms with Gasteiger partial charge >= 0.3 is 0 Å². The predicted octanol–water partition coefficient (Wildman–Crippen LogP) is 3.59. The smallest absolute Gasteiger partial charge is 0.239 e. The van der Waals surface area contributed by atoms with Gasteiger partial charge in [-0.1, -0.05) is 42.5 Å². The second-order valence-corrected chi connectivity index (χ2v) is 6.42. The van der Waals surface area contributed by atoms with E-state index in [1.165, 1.54) is 12.1 Å². The Labute approximate surface area is 168 Å². The molecule has 0 saturated heterocycles. The third kappa shape index (κ3) is 6.77. The van der Waals surface area contributed by atoms with Gasteiger partial charge in [0.05, 0.1) is 13.0 Å². The molecule has 0 fully saturated rings. The minimum absolute atomic E-state index is 0.0720. The second kappa shape index (κ2) is 10.0. The molecule has 0 unspecified atom stereocenters. The molecule has 3 rings (SSSR count). The zero-order chi connectivity index (χ0) is 20.5. The number of benzene rings is 3. The molecule has 0 saturated carbocycles. The van der Waals surface area contributed by atoms with Crippen molar-refractivity contribution in [1.29, 1.82) is 0 Å². The van der Waals surface area contributed by atoms with Gasteiger partial charge in [0, 0.05) is 6.54 Å². The van der Waals surface area contributed by atoms with E-state index < -0.39 is 0 Å². The van der Waals surface area contributed by atoms with Crippen LogP contribution in [0.15, 0.2) is 78.9 Å². The molecular formula is C23H21FN2O3. The molecule has 0 aliphatic carbocycles. The van der Waals surface area contributed by atoms with Crippen molar-refractivity contribution in [3.05, 3.63) is 95.8 Å². The summed E-state index contributed by atoms with van der Waals surface area (Å²) in [7, 11) is 0. The van der Waals surface area contributed by atoms with Gasteiger partial charge in [0.2, 0.25) is 11.8 Å². The highest BCUT2D eigenvalue weighted by Gasteiger charge is 2.06. The Kier molecular flexibility index (Phi) is 6.95. The molecule has 6 heteroatoms. The first kappa shape index (κ1) is 20.1. The van der Waals surface area contributed by atoms with Crippen molar-refractivity contribution in [1.82, 2.24) is 10.6 Å². The lowest BCUT2D eigenvalue weighted by Gasteiger charge is -2.09. The van der Waals surface area contributed by atoms with Crippen LogP contribution >= 0.6 is 0 Å². The average Bonchev–Trinajstić information content (AvgIpc) is 2.74. The molecule has 2 N–H and O–H groups in total. The maximum Gasteiger partial charge on any atom is 0.239 e. The SMILES string of the molecule is O=C(CNC(=O)Cc1ccccc1)NCc1ccc(Oc2ccc(F)cc2)cc1. The molecule has 0 bridgehead atoms. The van der Waals surface area contributed by atoms with Crippen LogP contribution in [-0.4, -0.2) is 18.4 Å². The van der Waals surface area contributed by atoms with Crippen LogP contribution in [0.25, 0.3) is 0 Å². The molecule has 2 amide bonds. The summed E-state index contributed by atoms with van der Waals surface area (Å²) < 4.78 is 18.5. The number of carbonyl (C=O) groups is 2. The standard InChI is InChI=1S/C23H21FN2O3/c24-19-8-12-21(13-9-19)29-20-10-6-18(7-11-20)15-25-23(28)16-26-22(27)14-17-4-2-1-3-5-17/h1-13H,14-16H2,(H,25,28)(H,26,27). The van der Waals surface area contributed by atoms with Crippen LogP contribution < -0.4 is 15.4 Å². The first-order chi connectivity index (χ1) is 14.1. The van der Waals surface area contributed by atoms with Crippen molar-refractivity contribution in [2.24, 2.45) is 0 Å². The van der Waals surface area contributed by atoms with Crippen molar-refractivity contribution >= 4 is 11.8 Å². The maximum atomic E-state index is 12.9. The van der Waals surface area contributed by atoms with E-state index in [0.29, 0.717) is 18.0 Å². The zero-order valence-electron chi connectivity index (χ0n) is 15.7. The van der Waals surface area contributed by atoms with E-state index in [9.17, 15) is 14.0 Å². The van der Waals surface area contributed by atoms with Crippen molar-refractivity contribution in [2.75, 3.05) is 6.54 Å². The van der Waals surface area contributed by atoms with E-state index in [2.05, 4.69) is 10.6 Å². The number of rotatable bonds is 8. The number of hydrogen-bond donors (Lipinski definition) is 2. The number of halogens is 1. The summed E-state index contributed by atoms with van der Waals surface area (Å²) in [6, 6.07) is 22.3. The van der Waals surface area contributed by atoms with Gasteiger partial charge in [-0.2, -0.15) is 0 Å². The third-order valence-corrected chi connectivity index (χ3v) is 4.12. The van der Waals surface area contributed by atoms with Crippen molar-refractivity contribution in [3.63, 3.8) is 0 Å². The molecular weight excluding hydrogens is 371 g/mol. The summed E-state index contributed by atoms with van der Waals surface area (Å²) in [6.45, 7) is 0.266. The Bertz CT molecular complexity index is 942. The first-order valence-electron chi connectivity index (χ1n) is 9.18. The van der Waals surface area contributed by atoms with Crippen molar-refractivity contribution in [3.8, 4) is 11.5 Å². The Balaban J connectivity index is 1.39. The minimum atomic E-state index is -0.320. The fourth-order valence-corrected chi connectivity index (χ4v) is 2.60. The van der Waals surface area contributed by atoms with Crippen LogP contribution in [0.2, 0.25) is 0 Å². The van der Waals surface area contributed by atoms with Gasteiger partial charge in [0.15, 0.2) is 0 Å². The highest BCUT2D eigenvalue weighted by molar-refractivity contribution is 5.85. The van der Waals surface area contributed by atoms with Crippen LogP contribution in [0.1, 0.15) is 11.1 Å². The third-order valence-electron chi connectivity index (χ3n) is 4.12. The topological polar surface area (TPSA) is 67.4 Å². The van der Waals surface area contributed by atoms with Gasteiger partial charge in [-0.15, -0.1) is 0 Å². The monoisotopic (exact) mass is 392 g/mol.